The summed E-state index contributed by atoms with van der Waals surface area (Å²) in [7, 11) is -3.82. The standard InChI is InChI=1S/C18H18N2O7S/c1-2-26-18(23)19-16(21)12-27-17(22)13-8-10-15(11-9-13)28(24,25)20-14-6-4-3-5-7-14/h3-11,20H,2,12H2,1H3,(H,19,21,23). The Balaban J connectivity index is 1.95. The third kappa shape index (κ3) is 6.09. The predicted molar refractivity (Wildman–Crippen MR) is 99.1 cm³/mol. The van der Waals surface area contributed by atoms with E-state index in [0.29, 0.717) is 5.69 Å². The van der Waals surface area contributed by atoms with Gasteiger partial charge in [-0.1, -0.05) is 18.2 Å². The van der Waals surface area contributed by atoms with Gasteiger partial charge in [0, 0.05) is 5.69 Å². The summed E-state index contributed by atoms with van der Waals surface area (Å²) in [4.78, 5) is 34.4. The van der Waals surface area contributed by atoms with Crippen molar-refractivity contribution < 1.29 is 32.3 Å². The molecule has 0 radical (unpaired) electrons. The molecule has 0 saturated heterocycles. The van der Waals surface area contributed by atoms with Gasteiger partial charge >= 0.3 is 12.1 Å². The van der Waals surface area contributed by atoms with Crippen molar-refractivity contribution in [3.8, 4) is 0 Å². The van der Waals surface area contributed by atoms with Crippen molar-refractivity contribution in [2.24, 2.45) is 0 Å². The number of ether oxygens (including phenoxy) is 2. The maximum atomic E-state index is 12.3. The van der Waals surface area contributed by atoms with Crippen LogP contribution in [-0.2, 0) is 24.3 Å². The number of esters is 1. The minimum Gasteiger partial charge on any atom is -0.452 e. The molecule has 0 spiro atoms. The first-order valence-corrected chi connectivity index (χ1v) is 9.62. The van der Waals surface area contributed by atoms with Crippen LogP contribution >= 0.6 is 0 Å². The van der Waals surface area contributed by atoms with Gasteiger partial charge in [-0.25, -0.2) is 18.0 Å². The molecule has 0 aliphatic heterocycles. The fraction of sp³-hybridized carbons (Fsp3) is 0.167. The van der Waals surface area contributed by atoms with Crippen LogP contribution < -0.4 is 10.0 Å². The van der Waals surface area contributed by atoms with Gasteiger partial charge in [-0.15, -0.1) is 0 Å². The van der Waals surface area contributed by atoms with Crippen LogP contribution in [0.4, 0.5) is 10.5 Å². The summed E-state index contributed by atoms with van der Waals surface area (Å²) in [5.74, 6) is -1.70. The van der Waals surface area contributed by atoms with Gasteiger partial charge < -0.3 is 9.47 Å². The smallest absolute Gasteiger partial charge is 0.413 e. The Labute approximate surface area is 161 Å². The molecule has 2 rings (SSSR count). The molecule has 0 fully saturated rings. The van der Waals surface area contributed by atoms with Crippen molar-refractivity contribution in [3.05, 3.63) is 60.2 Å². The molecule has 0 aliphatic rings. The largest absolute Gasteiger partial charge is 0.452 e. The molecule has 0 aromatic heterocycles. The van der Waals surface area contributed by atoms with E-state index in [1.165, 1.54) is 24.3 Å². The van der Waals surface area contributed by atoms with Crippen LogP contribution in [0.3, 0.4) is 0 Å². The number of para-hydroxylation sites is 1. The number of carbonyl (C=O) groups excluding carboxylic acids is 3. The maximum Gasteiger partial charge on any atom is 0.413 e. The molecule has 9 nitrogen and oxygen atoms in total. The minimum atomic E-state index is -3.82. The molecule has 0 bridgehead atoms. The monoisotopic (exact) mass is 406 g/mol. The summed E-state index contributed by atoms with van der Waals surface area (Å²) in [6.45, 7) is 0.976. The summed E-state index contributed by atoms with van der Waals surface area (Å²) < 4.78 is 36.4. The average molecular weight is 406 g/mol. The van der Waals surface area contributed by atoms with E-state index in [1.807, 2.05) is 5.32 Å². The fourth-order valence-electron chi connectivity index (χ4n) is 2.02. The zero-order chi connectivity index (χ0) is 20.6. The van der Waals surface area contributed by atoms with Gasteiger partial charge in [0.1, 0.15) is 0 Å². The lowest BCUT2D eigenvalue weighted by atomic mass is 10.2. The molecule has 0 saturated carbocycles. The lowest BCUT2D eigenvalue weighted by molar-refractivity contribution is -0.123. The predicted octanol–water partition coefficient (Wildman–Crippen LogP) is 1.92. The molecule has 0 heterocycles. The highest BCUT2D eigenvalue weighted by Crippen LogP contribution is 2.16. The maximum absolute atomic E-state index is 12.3. The number of anilines is 1. The summed E-state index contributed by atoms with van der Waals surface area (Å²) in [6.07, 6.45) is -0.941. The Bertz CT molecular complexity index is 942. The van der Waals surface area contributed by atoms with Gasteiger partial charge in [0.15, 0.2) is 6.61 Å². The number of imide groups is 1. The van der Waals surface area contributed by atoms with Crippen molar-refractivity contribution in [1.29, 1.82) is 0 Å². The second-order valence-electron chi connectivity index (χ2n) is 5.34. The zero-order valence-corrected chi connectivity index (χ0v) is 15.7. The normalized spacial score (nSPS) is 10.6. The number of nitrogens with one attached hydrogen (secondary N) is 2. The zero-order valence-electron chi connectivity index (χ0n) is 14.9. The van der Waals surface area contributed by atoms with Crippen molar-refractivity contribution in [1.82, 2.24) is 5.32 Å². The van der Waals surface area contributed by atoms with Crippen molar-refractivity contribution >= 4 is 33.7 Å². The summed E-state index contributed by atoms with van der Waals surface area (Å²) in [5, 5.41) is 1.87. The van der Waals surface area contributed by atoms with Gasteiger partial charge in [0.2, 0.25) is 0 Å². The fourth-order valence-corrected chi connectivity index (χ4v) is 3.08. The van der Waals surface area contributed by atoms with Crippen LogP contribution in [-0.4, -0.2) is 39.6 Å². The molecule has 2 amide bonds. The number of hydrogen-bond acceptors (Lipinski definition) is 7. The first-order valence-electron chi connectivity index (χ1n) is 8.13. The summed E-state index contributed by atoms with van der Waals surface area (Å²) in [6, 6.07) is 13.3. The van der Waals surface area contributed by atoms with Crippen LogP contribution in [0, 0.1) is 0 Å². The highest BCUT2D eigenvalue weighted by atomic mass is 32.2. The molecule has 148 valence electrons. The van der Waals surface area contributed by atoms with E-state index in [9.17, 15) is 22.8 Å². The van der Waals surface area contributed by atoms with Gasteiger partial charge in [-0.3, -0.25) is 14.8 Å². The quantitative estimate of drug-likeness (QED) is 0.672. The van der Waals surface area contributed by atoms with Crippen molar-refractivity contribution in [3.63, 3.8) is 0 Å². The third-order valence-electron chi connectivity index (χ3n) is 3.28. The Morgan fingerprint density at radius 3 is 2.18 bits per heavy atom. The van der Waals surface area contributed by atoms with E-state index in [4.69, 9.17) is 4.74 Å². The van der Waals surface area contributed by atoms with Crippen molar-refractivity contribution in [2.45, 2.75) is 11.8 Å². The molecule has 0 aliphatic carbocycles. The number of rotatable bonds is 7. The Kier molecular flexibility index (Phi) is 7.10. The Morgan fingerprint density at radius 2 is 1.57 bits per heavy atom. The molecular weight excluding hydrogens is 388 g/mol. The number of carbonyl (C=O) groups is 3. The van der Waals surface area contributed by atoms with E-state index in [-0.39, 0.29) is 17.1 Å². The highest BCUT2D eigenvalue weighted by Gasteiger charge is 2.17. The molecule has 2 aromatic rings. The van der Waals surface area contributed by atoms with Gasteiger partial charge in [-0.05, 0) is 43.3 Å². The van der Waals surface area contributed by atoms with Gasteiger partial charge in [-0.2, -0.15) is 0 Å². The van der Waals surface area contributed by atoms with Crippen LogP contribution in [0.1, 0.15) is 17.3 Å². The molecular formula is C18H18N2O7S. The SMILES string of the molecule is CCOC(=O)NC(=O)COC(=O)c1ccc(S(=O)(=O)Nc2ccccc2)cc1. The Hall–Kier alpha value is -3.40. The summed E-state index contributed by atoms with van der Waals surface area (Å²) >= 11 is 0. The highest BCUT2D eigenvalue weighted by molar-refractivity contribution is 7.92. The summed E-state index contributed by atoms with van der Waals surface area (Å²) in [5.41, 5.74) is 0.446. The van der Waals surface area contributed by atoms with E-state index >= 15 is 0 Å². The van der Waals surface area contributed by atoms with E-state index in [2.05, 4.69) is 9.46 Å². The average Bonchev–Trinajstić information content (AvgIpc) is 2.67. The first-order chi connectivity index (χ1) is 13.3. The molecule has 2 N–H and O–H groups in total. The van der Waals surface area contributed by atoms with E-state index in [1.54, 1.807) is 37.3 Å². The molecule has 10 heteroatoms. The van der Waals surface area contributed by atoms with E-state index in [0.717, 1.165) is 0 Å². The van der Waals surface area contributed by atoms with Crippen LogP contribution in [0.15, 0.2) is 59.5 Å². The number of alkyl carbamates (subject to hydrolysis) is 1. The second-order valence-corrected chi connectivity index (χ2v) is 7.02. The third-order valence-corrected chi connectivity index (χ3v) is 4.67. The van der Waals surface area contributed by atoms with Gasteiger partial charge in [0.25, 0.3) is 15.9 Å². The van der Waals surface area contributed by atoms with Crippen molar-refractivity contribution in [2.75, 3.05) is 17.9 Å². The molecule has 28 heavy (non-hydrogen) atoms. The Morgan fingerprint density at radius 1 is 0.929 bits per heavy atom. The van der Waals surface area contributed by atoms with Crippen LogP contribution in [0.25, 0.3) is 0 Å². The van der Waals surface area contributed by atoms with Crippen LogP contribution in [0.5, 0.6) is 0 Å². The molecule has 0 atom stereocenters. The molecule has 0 unspecified atom stereocenters. The lowest BCUT2D eigenvalue weighted by Gasteiger charge is -2.09. The number of amides is 2. The number of hydrogen-bond donors (Lipinski definition) is 2. The second kappa shape index (κ2) is 9.51. The number of sulfonamides is 1. The van der Waals surface area contributed by atoms with E-state index < -0.39 is 34.6 Å². The lowest BCUT2D eigenvalue weighted by Crippen LogP contribution is -2.34. The van der Waals surface area contributed by atoms with Gasteiger partial charge in [0.05, 0.1) is 17.1 Å². The molecule has 2 aromatic carbocycles. The first kappa shape index (κ1) is 20.9. The van der Waals surface area contributed by atoms with Crippen LogP contribution in [0.2, 0.25) is 0 Å². The number of benzene rings is 2. The topological polar surface area (TPSA) is 128 Å². The minimum absolute atomic E-state index is 0.0441.